The fourth-order valence-electron chi connectivity index (χ4n) is 3.61. The maximum Gasteiger partial charge on any atom is 0.198 e. The first-order valence-electron chi connectivity index (χ1n) is 10.3. The first-order chi connectivity index (χ1) is 14.2. The molecule has 2 aromatic heterocycles. The van der Waals surface area contributed by atoms with E-state index in [0.717, 1.165) is 20.9 Å². The summed E-state index contributed by atoms with van der Waals surface area (Å²) in [7, 11) is 0.430. The fourth-order valence-corrected chi connectivity index (χ4v) is 5.66. The van der Waals surface area contributed by atoms with Gasteiger partial charge in [-0.05, 0) is 31.5 Å². The third-order valence-corrected chi connectivity index (χ3v) is 7.31. The first-order valence-corrected chi connectivity index (χ1v) is 12.3. The molecule has 1 aliphatic carbocycles. The van der Waals surface area contributed by atoms with Gasteiger partial charge in [0.2, 0.25) is 0 Å². The third-order valence-electron chi connectivity index (χ3n) is 5.01. The Balaban J connectivity index is 0.00000117. The minimum absolute atomic E-state index is 0.581. The summed E-state index contributed by atoms with van der Waals surface area (Å²) in [5.74, 6) is 1.24. The number of hydrogen-bond acceptors (Lipinski definition) is 5. The number of hydrogen-bond donors (Lipinski definition) is 1. The highest BCUT2D eigenvalue weighted by molar-refractivity contribution is 7.83. The van der Waals surface area contributed by atoms with E-state index < -0.39 is 11.0 Å². The van der Waals surface area contributed by atoms with Crippen LogP contribution in [0.1, 0.15) is 68.3 Å². The van der Waals surface area contributed by atoms with Gasteiger partial charge >= 0.3 is 0 Å². The molecule has 1 aromatic carbocycles. The van der Waals surface area contributed by atoms with Crippen molar-refractivity contribution in [3.63, 3.8) is 0 Å². The van der Waals surface area contributed by atoms with Gasteiger partial charge in [0.15, 0.2) is 5.89 Å². The second-order valence-electron chi connectivity index (χ2n) is 6.80. The monoisotopic (exact) mass is 431 g/mol. The molecule has 2 heterocycles. The molecule has 0 aliphatic heterocycles. The maximum atomic E-state index is 12.6. The minimum Gasteiger partial charge on any atom is -0.449 e. The smallest absolute Gasteiger partial charge is 0.198 e. The normalized spacial score (nSPS) is 15.6. The van der Waals surface area contributed by atoms with E-state index in [9.17, 15) is 4.21 Å². The average molecular weight is 432 g/mol. The number of nitrogens with one attached hydrogen (secondary N) is 1. The molecule has 1 unspecified atom stereocenters. The molecule has 156 valence electrons. The molecule has 7 heteroatoms. The lowest BCUT2D eigenvalue weighted by atomic mass is 9.90. The average Bonchev–Trinajstić information content (AvgIpc) is 3.47. The quantitative estimate of drug-likeness (QED) is 0.543. The van der Waals surface area contributed by atoms with Crippen molar-refractivity contribution in [2.24, 2.45) is 0 Å². The Morgan fingerprint density at radius 3 is 2.69 bits per heavy atom. The second kappa shape index (κ2) is 10.8. The second-order valence-corrected chi connectivity index (χ2v) is 9.25. The molecule has 1 N–H and O–H groups in total. The fraction of sp³-hybridized carbons (Fsp3) is 0.455. The van der Waals surface area contributed by atoms with Gasteiger partial charge in [0.1, 0.15) is 17.2 Å². The van der Waals surface area contributed by atoms with Crippen molar-refractivity contribution in [2.45, 2.75) is 63.2 Å². The number of thiazole rings is 1. The summed E-state index contributed by atoms with van der Waals surface area (Å²) in [4.78, 5) is 10.7. The zero-order valence-corrected chi connectivity index (χ0v) is 18.9. The Kier molecular flexibility index (Phi) is 8.15. The van der Waals surface area contributed by atoms with Gasteiger partial charge in [-0.2, -0.15) is 0 Å². The van der Waals surface area contributed by atoms with Crippen LogP contribution < -0.4 is 4.72 Å². The third kappa shape index (κ3) is 5.41. The first kappa shape index (κ1) is 21.9. The molecule has 0 saturated heterocycles. The topological polar surface area (TPSA) is 68.0 Å². The van der Waals surface area contributed by atoms with E-state index in [4.69, 9.17) is 9.40 Å². The molecule has 0 spiro atoms. The van der Waals surface area contributed by atoms with E-state index in [0.29, 0.717) is 18.2 Å². The Bertz CT molecular complexity index is 916. The predicted molar refractivity (Wildman–Crippen MR) is 120 cm³/mol. The van der Waals surface area contributed by atoms with E-state index in [2.05, 4.69) is 15.8 Å². The summed E-state index contributed by atoms with van der Waals surface area (Å²) in [6.45, 7) is 4.00. The van der Waals surface area contributed by atoms with E-state index in [1.54, 1.807) is 30.8 Å². The lowest BCUT2D eigenvalue weighted by molar-refractivity contribution is 0.442. The Hall–Kier alpha value is -1.83. The van der Waals surface area contributed by atoms with Gasteiger partial charge in [-0.25, -0.2) is 18.9 Å². The van der Waals surface area contributed by atoms with Crippen LogP contribution in [0.5, 0.6) is 0 Å². The van der Waals surface area contributed by atoms with Crippen molar-refractivity contribution in [2.75, 3.05) is 7.05 Å². The van der Waals surface area contributed by atoms with Gasteiger partial charge in [-0.1, -0.05) is 45.2 Å². The van der Waals surface area contributed by atoms with Crippen LogP contribution in [0.25, 0.3) is 10.4 Å². The summed E-state index contributed by atoms with van der Waals surface area (Å²) in [5.41, 5.74) is 2.01. The van der Waals surface area contributed by atoms with Crippen molar-refractivity contribution in [1.29, 1.82) is 0 Å². The van der Waals surface area contributed by atoms with Crippen LogP contribution in [-0.4, -0.2) is 21.2 Å². The summed E-state index contributed by atoms with van der Waals surface area (Å²) >= 11 is 1.74. The molecular formula is C22H29N3O2S2. The van der Waals surface area contributed by atoms with E-state index in [1.807, 2.05) is 32.2 Å². The van der Waals surface area contributed by atoms with E-state index >= 15 is 0 Å². The molecule has 1 saturated carbocycles. The molecule has 4 rings (SSSR count). The van der Waals surface area contributed by atoms with Gasteiger partial charge in [-0.15, -0.1) is 11.3 Å². The van der Waals surface area contributed by atoms with Gasteiger partial charge in [-0.3, -0.25) is 0 Å². The molecule has 0 bridgehead atoms. The molecule has 1 atom stereocenters. The zero-order chi connectivity index (χ0) is 20.6. The minimum atomic E-state index is -1.28. The van der Waals surface area contributed by atoms with Gasteiger partial charge in [0, 0.05) is 24.1 Å². The highest BCUT2D eigenvalue weighted by atomic mass is 32.2. The van der Waals surface area contributed by atoms with Crippen molar-refractivity contribution >= 4 is 22.3 Å². The standard InChI is InChI=1S/C20H23N3O2S2.C2H6/c1-21-27(24)18-11-14(12-19-22-9-10-25-19)7-8-16(18)17-13-23-20(26-17)15-5-3-2-4-6-15;1-2/h7-11,13,15,21H,2-6,12H2,1H3;1-2H3. The molecule has 3 aromatic rings. The van der Waals surface area contributed by atoms with Crippen molar-refractivity contribution in [3.05, 3.63) is 53.3 Å². The molecule has 0 amide bonds. The summed E-state index contributed by atoms with van der Waals surface area (Å²) in [5, 5.41) is 1.22. The summed E-state index contributed by atoms with van der Waals surface area (Å²) in [6, 6.07) is 6.07. The highest BCUT2D eigenvalue weighted by Crippen LogP contribution is 2.39. The highest BCUT2D eigenvalue weighted by Gasteiger charge is 2.21. The summed E-state index contributed by atoms with van der Waals surface area (Å²) in [6.07, 6.45) is 12.1. The number of rotatable bonds is 6. The van der Waals surface area contributed by atoms with E-state index in [-0.39, 0.29) is 0 Å². The number of oxazole rings is 1. The molecule has 0 radical (unpaired) electrons. The van der Waals surface area contributed by atoms with Crippen LogP contribution in [0.4, 0.5) is 0 Å². The molecule has 5 nitrogen and oxygen atoms in total. The Morgan fingerprint density at radius 1 is 1.21 bits per heavy atom. The largest absolute Gasteiger partial charge is 0.449 e. The molecule has 29 heavy (non-hydrogen) atoms. The lowest BCUT2D eigenvalue weighted by Gasteiger charge is -2.18. The molecular weight excluding hydrogens is 402 g/mol. The maximum absolute atomic E-state index is 12.6. The number of aromatic nitrogens is 2. The van der Waals surface area contributed by atoms with E-state index in [1.165, 1.54) is 37.1 Å². The zero-order valence-electron chi connectivity index (χ0n) is 17.3. The van der Waals surface area contributed by atoms with Crippen molar-refractivity contribution < 1.29 is 8.63 Å². The SMILES string of the molecule is CC.CNS(=O)c1cc(Cc2ncco2)ccc1-c1cnc(C2CCCCC2)s1. The Morgan fingerprint density at radius 2 is 2.00 bits per heavy atom. The number of nitrogens with zero attached hydrogens (tertiary/aromatic N) is 2. The lowest BCUT2D eigenvalue weighted by Crippen LogP contribution is -2.12. The Labute approximate surface area is 179 Å². The van der Waals surface area contributed by atoms with Crippen LogP contribution >= 0.6 is 11.3 Å². The predicted octanol–water partition coefficient (Wildman–Crippen LogP) is 5.70. The van der Waals surface area contributed by atoms with Gasteiger partial charge in [0.05, 0.1) is 21.0 Å². The van der Waals surface area contributed by atoms with Crippen LogP contribution in [-0.2, 0) is 17.4 Å². The van der Waals surface area contributed by atoms with Crippen LogP contribution in [0, 0.1) is 0 Å². The van der Waals surface area contributed by atoms with Crippen molar-refractivity contribution in [3.8, 4) is 10.4 Å². The molecule has 1 fully saturated rings. The molecule has 1 aliphatic rings. The summed E-state index contributed by atoms with van der Waals surface area (Å²) < 4.78 is 20.8. The van der Waals surface area contributed by atoms with Crippen molar-refractivity contribution in [1.82, 2.24) is 14.7 Å². The number of benzene rings is 1. The van der Waals surface area contributed by atoms with Crippen LogP contribution in [0.2, 0.25) is 0 Å². The van der Waals surface area contributed by atoms with Gasteiger partial charge < -0.3 is 4.42 Å². The van der Waals surface area contributed by atoms with Crippen LogP contribution in [0.15, 0.2) is 46.2 Å². The van der Waals surface area contributed by atoms with Crippen LogP contribution in [0.3, 0.4) is 0 Å². The van der Waals surface area contributed by atoms with Gasteiger partial charge in [0.25, 0.3) is 0 Å².